The molecule has 0 spiro atoms. The molecular weight excluding hydrogens is 285 g/mol. The highest BCUT2D eigenvalue weighted by atomic mass is 79.9. The molecule has 1 rings (SSSR count). The van der Waals surface area contributed by atoms with E-state index < -0.39 is 12.2 Å². The largest absolute Gasteiger partial charge is 0.506 e. The summed E-state index contributed by atoms with van der Waals surface area (Å²) < 4.78 is 0.479. The number of hydrogen-bond acceptors (Lipinski definition) is 4. The lowest BCUT2D eigenvalue weighted by atomic mass is 10.1. The molecule has 0 aliphatic heterocycles. The van der Waals surface area contributed by atoms with Crippen molar-refractivity contribution < 1.29 is 15.3 Å². The first kappa shape index (κ1) is 12.7. The smallest absolute Gasteiger partial charge is 0.139 e. The summed E-state index contributed by atoms with van der Waals surface area (Å²) in [4.78, 5) is 3.89. The second kappa shape index (κ2) is 5.65. The average molecular weight is 297 g/mol. The molecular formula is C9H11BrClNO3. The fourth-order valence-corrected chi connectivity index (χ4v) is 1.66. The molecule has 0 fully saturated rings. The maximum atomic E-state index is 9.67. The number of rotatable bonds is 4. The van der Waals surface area contributed by atoms with Crippen LogP contribution in [0.25, 0.3) is 0 Å². The van der Waals surface area contributed by atoms with Crippen LogP contribution in [0.4, 0.5) is 0 Å². The number of hydrogen-bond donors (Lipinski definition) is 3. The highest BCUT2D eigenvalue weighted by Crippen LogP contribution is 2.27. The Morgan fingerprint density at radius 3 is 2.67 bits per heavy atom. The molecule has 1 aromatic heterocycles. The third kappa shape index (κ3) is 3.31. The van der Waals surface area contributed by atoms with E-state index in [1.807, 2.05) is 0 Å². The molecule has 1 heterocycles. The fraction of sp³-hybridized carbons (Fsp3) is 0.444. The molecule has 0 radical (unpaired) electrons. The Kier molecular flexibility index (Phi) is 4.79. The van der Waals surface area contributed by atoms with Crippen molar-refractivity contribution in [3.05, 3.63) is 22.4 Å². The molecule has 15 heavy (non-hydrogen) atoms. The minimum Gasteiger partial charge on any atom is -0.506 e. The van der Waals surface area contributed by atoms with Gasteiger partial charge < -0.3 is 15.3 Å². The van der Waals surface area contributed by atoms with Crippen LogP contribution in [-0.2, 0) is 0 Å². The number of halogens is 2. The number of nitrogens with zero attached hydrogens (tertiary/aromatic N) is 1. The molecule has 0 aromatic carbocycles. The van der Waals surface area contributed by atoms with Gasteiger partial charge in [-0.15, -0.1) is 11.6 Å². The molecule has 0 saturated carbocycles. The second-order valence-electron chi connectivity index (χ2n) is 3.03. The molecule has 2 unspecified atom stereocenters. The van der Waals surface area contributed by atoms with E-state index in [-0.39, 0.29) is 23.7 Å². The van der Waals surface area contributed by atoms with Crippen LogP contribution in [-0.4, -0.2) is 32.3 Å². The zero-order valence-corrected chi connectivity index (χ0v) is 10.1. The number of aromatic nitrogens is 1. The Morgan fingerprint density at radius 1 is 1.40 bits per heavy atom. The number of aromatic hydroxyl groups is 1. The summed E-state index contributed by atoms with van der Waals surface area (Å²) in [6, 6.07) is 2.93. The monoisotopic (exact) mass is 295 g/mol. The van der Waals surface area contributed by atoms with Crippen molar-refractivity contribution in [2.45, 2.75) is 18.6 Å². The first-order valence-corrected chi connectivity index (χ1v) is 5.66. The lowest BCUT2D eigenvalue weighted by Gasteiger charge is -2.17. The molecule has 4 nitrogen and oxygen atoms in total. The van der Waals surface area contributed by atoms with Gasteiger partial charge in [-0.1, -0.05) is 0 Å². The standard InChI is InChI=1S/C9H11BrClNO3/c10-7-2-1-5(13)8(12-7)9(15)6(14)3-4-11/h1-2,6,9,13-15H,3-4H2. The fourth-order valence-electron chi connectivity index (χ4n) is 1.11. The third-order valence-electron chi connectivity index (χ3n) is 1.92. The van der Waals surface area contributed by atoms with Crippen molar-refractivity contribution in [3.8, 4) is 5.75 Å². The van der Waals surface area contributed by atoms with Crippen LogP contribution in [0.15, 0.2) is 16.7 Å². The molecule has 0 bridgehead atoms. The minimum atomic E-state index is -1.23. The van der Waals surface area contributed by atoms with Gasteiger partial charge in [0.1, 0.15) is 22.2 Å². The first-order chi connectivity index (χ1) is 7.06. The van der Waals surface area contributed by atoms with Crippen molar-refractivity contribution in [2.24, 2.45) is 0 Å². The van der Waals surface area contributed by atoms with Crippen LogP contribution in [0.2, 0.25) is 0 Å². The summed E-state index contributed by atoms with van der Waals surface area (Å²) in [6.45, 7) is 0. The molecule has 2 atom stereocenters. The highest BCUT2D eigenvalue weighted by Gasteiger charge is 2.22. The summed E-state index contributed by atoms with van der Waals surface area (Å²) in [5.41, 5.74) is 0.0435. The zero-order chi connectivity index (χ0) is 11.4. The van der Waals surface area contributed by atoms with E-state index in [9.17, 15) is 15.3 Å². The molecule has 0 saturated heterocycles. The number of pyridine rings is 1. The zero-order valence-electron chi connectivity index (χ0n) is 7.77. The third-order valence-corrected chi connectivity index (χ3v) is 2.58. The van der Waals surface area contributed by atoms with Gasteiger partial charge in [0.15, 0.2) is 0 Å². The van der Waals surface area contributed by atoms with E-state index in [1.165, 1.54) is 6.07 Å². The maximum absolute atomic E-state index is 9.67. The van der Waals surface area contributed by atoms with Crippen molar-refractivity contribution in [1.29, 1.82) is 0 Å². The Hall–Kier alpha value is -0.360. The van der Waals surface area contributed by atoms with Crippen LogP contribution in [0.5, 0.6) is 5.75 Å². The summed E-state index contributed by atoms with van der Waals surface area (Å²) in [5.74, 6) is 0.0758. The van der Waals surface area contributed by atoms with Gasteiger partial charge in [-0.3, -0.25) is 0 Å². The SMILES string of the molecule is Oc1ccc(Br)nc1C(O)C(O)CCCl. The van der Waals surface area contributed by atoms with E-state index >= 15 is 0 Å². The molecule has 3 N–H and O–H groups in total. The van der Waals surface area contributed by atoms with E-state index in [1.54, 1.807) is 6.07 Å². The summed E-state index contributed by atoms with van der Waals surface area (Å²) in [5, 5.41) is 28.6. The Morgan fingerprint density at radius 2 is 2.07 bits per heavy atom. The molecule has 6 heteroatoms. The van der Waals surface area contributed by atoms with Gasteiger partial charge in [-0.25, -0.2) is 4.98 Å². The van der Waals surface area contributed by atoms with Crippen LogP contribution in [0, 0.1) is 0 Å². The summed E-state index contributed by atoms with van der Waals surface area (Å²) in [6.07, 6.45) is -2.03. The quantitative estimate of drug-likeness (QED) is 0.582. The van der Waals surface area contributed by atoms with Gasteiger partial charge in [-0.2, -0.15) is 0 Å². The Balaban J connectivity index is 2.89. The van der Waals surface area contributed by atoms with Gasteiger partial charge >= 0.3 is 0 Å². The van der Waals surface area contributed by atoms with Gasteiger partial charge in [0.25, 0.3) is 0 Å². The lowest BCUT2D eigenvalue weighted by molar-refractivity contribution is 0.0129. The highest BCUT2D eigenvalue weighted by molar-refractivity contribution is 9.10. The van der Waals surface area contributed by atoms with Gasteiger partial charge in [-0.05, 0) is 34.5 Å². The van der Waals surface area contributed by atoms with E-state index in [0.717, 1.165) is 0 Å². The van der Waals surface area contributed by atoms with Crippen LogP contribution >= 0.6 is 27.5 Å². The molecule has 0 amide bonds. The molecule has 0 aliphatic carbocycles. The Labute approximate surface area is 101 Å². The number of aliphatic hydroxyl groups excluding tert-OH is 2. The molecule has 1 aromatic rings. The van der Waals surface area contributed by atoms with Crippen LogP contribution in [0.1, 0.15) is 18.2 Å². The maximum Gasteiger partial charge on any atom is 0.139 e. The van der Waals surface area contributed by atoms with Crippen molar-refractivity contribution >= 4 is 27.5 Å². The van der Waals surface area contributed by atoms with E-state index in [4.69, 9.17) is 11.6 Å². The lowest BCUT2D eigenvalue weighted by Crippen LogP contribution is -2.19. The van der Waals surface area contributed by atoms with Crippen LogP contribution < -0.4 is 0 Å². The van der Waals surface area contributed by atoms with Crippen molar-refractivity contribution in [3.63, 3.8) is 0 Å². The van der Waals surface area contributed by atoms with Gasteiger partial charge in [0.05, 0.1) is 6.10 Å². The minimum absolute atomic E-state index is 0.0435. The van der Waals surface area contributed by atoms with Gasteiger partial charge in [0.2, 0.25) is 0 Å². The van der Waals surface area contributed by atoms with E-state index in [0.29, 0.717) is 4.60 Å². The second-order valence-corrected chi connectivity index (χ2v) is 4.22. The molecule has 84 valence electrons. The predicted octanol–water partition coefficient (Wildman–Crippen LogP) is 1.57. The van der Waals surface area contributed by atoms with Crippen molar-refractivity contribution in [1.82, 2.24) is 4.98 Å². The summed E-state index contributed by atoms with van der Waals surface area (Å²) in [7, 11) is 0. The predicted molar refractivity (Wildman–Crippen MR) is 59.9 cm³/mol. The first-order valence-electron chi connectivity index (χ1n) is 4.33. The summed E-state index contributed by atoms with van der Waals surface area (Å²) >= 11 is 8.55. The molecule has 0 aliphatic rings. The van der Waals surface area contributed by atoms with Crippen molar-refractivity contribution in [2.75, 3.05) is 5.88 Å². The van der Waals surface area contributed by atoms with Gasteiger partial charge in [0, 0.05) is 5.88 Å². The normalized spacial score (nSPS) is 14.9. The number of alkyl halides is 1. The van der Waals surface area contributed by atoms with E-state index in [2.05, 4.69) is 20.9 Å². The number of aliphatic hydroxyl groups is 2. The Bertz CT molecular complexity index is 337. The average Bonchev–Trinajstić information content (AvgIpc) is 2.21. The topological polar surface area (TPSA) is 73.6 Å². The van der Waals surface area contributed by atoms with Crippen LogP contribution in [0.3, 0.4) is 0 Å².